The van der Waals surface area contributed by atoms with Gasteiger partial charge < -0.3 is 4.90 Å². The van der Waals surface area contributed by atoms with Gasteiger partial charge in [-0.2, -0.15) is 0 Å². The molecule has 0 radical (unpaired) electrons. The van der Waals surface area contributed by atoms with Crippen molar-refractivity contribution in [2.45, 2.75) is 0 Å². The van der Waals surface area contributed by atoms with Crippen LogP contribution >= 0.6 is 0 Å². The normalized spacial score (nSPS) is 11.4. The SMILES string of the molecule is c1ccc(-c2ccc(N(c3ccc(-c4ccccc4)cc3)c3ccc4c(c3)-c3cccc5cccc(c35)-c3cnccc3-4)cc2)cc1. The third kappa shape index (κ3) is 4.70. The van der Waals surface area contributed by atoms with E-state index in [0.29, 0.717) is 0 Å². The van der Waals surface area contributed by atoms with Gasteiger partial charge in [-0.25, -0.2) is 0 Å². The number of benzene rings is 7. The standard InChI is InChI=1S/C45H30N2/c1-3-9-31(10-4-1)33-17-21-36(22-18-33)47(37-23-19-34(20-24-37)32-11-5-2-6-12-32)38-25-26-39-40-27-28-46-30-44(40)42-16-8-14-35-13-7-15-41(45(35)42)43(39)29-38/h1-30H. The van der Waals surface area contributed by atoms with Gasteiger partial charge in [0.1, 0.15) is 0 Å². The maximum Gasteiger partial charge on any atom is 0.0468 e. The Morgan fingerprint density at radius 2 is 0.851 bits per heavy atom. The van der Waals surface area contributed by atoms with E-state index in [9.17, 15) is 0 Å². The predicted molar refractivity (Wildman–Crippen MR) is 197 cm³/mol. The van der Waals surface area contributed by atoms with Gasteiger partial charge in [0.25, 0.3) is 0 Å². The first kappa shape index (κ1) is 27.1. The third-order valence-corrected chi connectivity index (χ3v) is 9.32. The second kappa shape index (κ2) is 11.3. The van der Waals surface area contributed by atoms with Crippen molar-refractivity contribution in [1.29, 1.82) is 0 Å². The number of hydrogen-bond acceptors (Lipinski definition) is 2. The van der Waals surface area contributed by atoms with E-state index in [1.54, 1.807) is 0 Å². The number of fused-ring (bicyclic) bond motifs is 5. The Balaban J connectivity index is 1.24. The van der Waals surface area contributed by atoms with Gasteiger partial charge in [-0.3, -0.25) is 4.98 Å². The molecule has 0 saturated carbocycles. The Morgan fingerprint density at radius 1 is 0.340 bits per heavy atom. The fourth-order valence-corrected chi connectivity index (χ4v) is 7.08. The zero-order chi connectivity index (χ0) is 31.2. The molecular weight excluding hydrogens is 569 g/mol. The van der Waals surface area contributed by atoms with Gasteiger partial charge >= 0.3 is 0 Å². The molecule has 0 unspecified atom stereocenters. The van der Waals surface area contributed by atoms with Crippen molar-refractivity contribution in [3.05, 3.63) is 182 Å². The van der Waals surface area contributed by atoms with E-state index < -0.39 is 0 Å². The van der Waals surface area contributed by atoms with Crippen LogP contribution in [0, 0.1) is 0 Å². The minimum atomic E-state index is 1.11. The first-order valence-electron chi connectivity index (χ1n) is 16.0. The van der Waals surface area contributed by atoms with Crippen LogP contribution in [0.15, 0.2) is 182 Å². The van der Waals surface area contributed by atoms with Crippen LogP contribution in [-0.4, -0.2) is 4.98 Å². The molecule has 47 heavy (non-hydrogen) atoms. The molecule has 1 aliphatic rings. The lowest BCUT2D eigenvalue weighted by molar-refractivity contribution is 1.28. The fraction of sp³-hybridized carbons (Fsp3) is 0. The predicted octanol–water partition coefficient (Wildman–Crippen LogP) is 12.4. The molecule has 0 atom stereocenters. The van der Waals surface area contributed by atoms with E-state index in [1.807, 2.05) is 12.4 Å². The largest absolute Gasteiger partial charge is 0.310 e. The molecule has 1 aromatic heterocycles. The maximum atomic E-state index is 4.55. The molecular formula is C45H30N2. The van der Waals surface area contributed by atoms with E-state index >= 15 is 0 Å². The van der Waals surface area contributed by atoms with Crippen LogP contribution in [0.1, 0.15) is 0 Å². The van der Waals surface area contributed by atoms with E-state index in [4.69, 9.17) is 0 Å². The molecule has 7 aromatic carbocycles. The highest BCUT2D eigenvalue weighted by atomic mass is 15.1. The highest BCUT2D eigenvalue weighted by Gasteiger charge is 2.23. The molecule has 0 amide bonds. The van der Waals surface area contributed by atoms with Crippen molar-refractivity contribution < 1.29 is 0 Å². The van der Waals surface area contributed by atoms with Gasteiger partial charge in [-0.15, -0.1) is 0 Å². The van der Waals surface area contributed by atoms with Crippen molar-refractivity contribution in [1.82, 2.24) is 4.98 Å². The Bertz CT molecular complexity index is 2290. The van der Waals surface area contributed by atoms with Crippen LogP contribution in [0.5, 0.6) is 0 Å². The highest BCUT2D eigenvalue weighted by Crippen LogP contribution is 2.49. The topological polar surface area (TPSA) is 16.1 Å². The molecule has 2 heteroatoms. The number of hydrogen-bond donors (Lipinski definition) is 0. The molecule has 8 aromatic rings. The number of nitrogens with zero attached hydrogens (tertiary/aromatic N) is 2. The Morgan fingerprint density at radius 3 is 1.45 bits per heavy atom. The van der Waals surface area contributed by atoms with Crippen LogP contribution in [0.25, 0.3) is 66.4 Å². The Kier molecular flexibility index (Phi) is 6.50. The average molecular weight is 599 g/mol. The minimum absolute atomic E-state index is 1.11. The van der Waals surface area contributed by atoms with Gasteiger partial charge in [0.15, 0.2) is 0 Å². The van der Waals surface area contributed by atoms with Gasteiger partial charge in [-0.1, -0.05) is 127 Å². The number of rotatable bonds is 5. The van der Waals surface area contributed by atoms with Crippen molar-refractivity contribution in [3.63, 3.8) is 0 Å². The third-order valence-electron chi connectivity index (χ3n) is 9.32. The molecule has 0 fully saturated rings. The molecule has 220 valence electrons. The van der Waals surface area contributed by atoms with Crippen LogP contribution in [-0.2, 0) is 0 Å². The van der Waals surface area contributed by atoms with Crippen molar-refractivity contribution >= 4 is 27.8 Å². The van der Waals surface area contributed by atoms with E-state index in [2.05, 4.69) is 180 Å². The summed E-state index contributed by atoms with van der Waals surface area (Å²) in [7, 11) is 0. The zero-order valence-corrected chi connectivity index (χ0v) is 25.7. The maximum absolute atomic E-state index is 4.55. The van der Waals surface area contributed by atoms with Gasteiger partial charge in [0, 0.05) is 35.0 Å². The molecule has 0 N–H and O–H groups in total. The Labute approximate surface area is 274 Å². The van der Waals surface area contributed by atoms with Gasteiger partial charge in [0.2, 0.25) is 0 Å². The van der Waals surface area contributed by atoms with Crippen LogP contribution < -0.4 is 4.90 Å². The summed E-state index contributed by atoms with van der Waals surface area (Å²) in [6.45, 7) is 0. The van der Waals surface area contributed by atoms with E-state index in [0.717, 1.165) is 17.1 Å². The summed E-state index contributed by atoms with van der Waals surface area (Å²) in [5.41, 5.74) is 15.4. The molecule has 2 nitrogen and oxygen atoms in total. The van der Waals surface area contributed by atoms with Crippen LogP contribution in [0.2, 0.25) is 0 Å². The molecule has 1 aliphatic carbocycles. The molecule has 0 aliphatic heterocycles. The summed E-state index contributed by atoms with van der Waals surface area (Å²) in [5.74, 6) is 0. The fourth-order valence-electron chi connectivity index (χ4n) is 7.08. The van der Waals surface area contributed by atoms with Crippen molar-refractivity contribution in [3.8, 4) is 55.6 Å². The van der Waals surface area contributed by atoms with Crippen LogP contribution in [0.4, 0.5) is 17.1 Å². The molecule has 9 rings (SSSR count). The van der Waals surface area contributed by atoms with E-state index in [-0.39, 0.29) is 0 Å². The number of anilines is 3. The molecule has 1 heterocycles. The Hall–Kier alpha value is -6.25. The van der Waals surface area contributed by atoms with E-state index in [1.165, 1.54) is 66.4 Å². The second-order valence-corrected chi connectivity index (χ2v) is 12.0. The zero-order valence-electron chi connectivity index (χ0n) is 25.7. The second-order valence-electron chi connectivity index (χ2n) is 12.0. The van der Waals surface area contributed by atoms with Gasteiger partial charge in [-0.05, 0) is 103 Å². The lowest BCUT2D eigenvalue weighted by Gasteiger charge is -2.27. The number of pyridine rings is 1. The van der Waals surface area contributed by atoms with Crippen LogP contribution in [0.3, 0.4) is 0 Å². The molecule has 0 bridgehead atoms. The number of aromatic nitrogens is 1. The lowest BCUT2D eigenvalue weighted by atomic mass is 9.93. The first-order chi connectivity index (χ1) is 23.3. The smallest absolute Gasteiger partial charge is 0.0468 e. The summed E-state index contributed by atoms with van der Waals surface area (Å²) in [6, 6.07) is 61.3. The van der Waals surface area contributed by atoms with Gasteiger partial charge in [0.05, 0.1) is 0 Å². The monoisotopic (exact) mass is 598 g/mol. The summed E-state index contributed by atoms with van der Waals surface area (Å²) in [5, 5.41) is 2.50. The summed E-state index contributed by atoms with van der Waals surface area (Å²) >= 11 is 0. The molecule has 0 spiro atoms. The van der Waals surface area contributed by atoms with Crippen molar-refractivity contribution in [2.24, 2.45) is 0 Å². The quantitative estimate of drug-likeness (QED) is 0.196. The highest BCUT2D eigenvalue weighted by molar-refractivity contribution is 6.13. The van der Waals surface area contributed by atoms with Crippen molar-refractivity contribution in [2.75, 3.05) is 4.90 Å². The summed E-state index contributed by atoms with van der Waals surface area (Å²) in [6.07, 6.45) is 3.92. The summed E-state index contributed by atoms with van der Waals surface area (Å²) in [4.78, 5) is 6.92. The molecule has 0 saturated heterocycles. The average Bonchev–Trinajstić information content (AvgIpc) is 3.27. The minimum Gasteiger partial charge on any atom is -0.310 e. The first-order valence-corrected chi connectivity index (χ1v) is 16.0. The summed E-state index contributed by atoms with van der Waals surface area (Å²) < 4.78 is 0. The lowest BCUT2D eigenvalue weighted by Crippen LogP contribution is -2.10.